The van der Waals surface area contributed by atoms with Gasteiger partial charge in [0.25, 0.3) is 0 Å². The first-order valence-corrected chi connectivity index (χ1v) is 8.07. The Bertz CT molecular complexity index is 766. The SMILES string of the molecule is N=C(N)c1cccc(CS(=O)(=O)C=Cc2ccccc2)c1. The standard InChI is InChI=1S/C16H16N2O2S/c17-16(18)15-8-4-7-14(11-15)12-21(19,20)10-9-13-5-2-1-3-6-13/h1-11H,12H2,(H3,17,18). The van der Waals surface area contributed by atoms with E-state index in [1.165, 1.54) is 5.41 Å². The molecule has 0 saturated carbocycles. The molecular weight excluding hydrogens is 284 g/mol. The second kappa shape index (κ2) is 6.37. The molecular formula is C16H16N2O2S. The fraction of sp³-hybridized carbons (Fsp3) is 0.0625. The zero-order valence-electron chi connectivity index (χ0n) is 11.4. The van der Waals surface area contributed by atoms with Crippen LogP contribution in [0.3, 0.4) is 0 Å². The van der Waals surface area contributed by atoms with Gasteiger partial charge in [0.05, 0.1) is 5.75 Å². The lowest BCUT2D eigenvalue weighted by Crippen LogP contribution is -2.11. The maximum atomic E-state index is 12.1. The van der Waals surface area contributed by atoms with Gasteiger partial charge in [-0.2, -0.15) is 0 Å². The van der Waals surface area contributed by atoms with Crippen LogP contribution in [0, 0.1) is 5.41 Å². The highest BCUT2D eigenvalue weighted by atomic mass is 32.2. The fourth-order valence-electron chi connectivity index (χ4n) is 1.86. The van der Waals surface area contributed by atoms with E-state index in [2.05, 4.69) is 0 Å². The van der Waals surface area contributed by atoms with Crippen LogP contribution in [0.15, 0.2) is 60.0 Å². The summed E-state index contributed by atoms with van der Waals surface area (Å²) < 4.78 is 24.2. The summed E-state index contributed by atoms with van der Waals surface area (Å²) in [6.07, 6.45) is 1.57. The monoisotopic (exact) mass is 300 g/mol. The first-order chi connectivity index (χ1) is 9.96. The zero-order chi connectivity index (χ0) is 15.3. The van der Waals surface area contributed by atoms with Gasteiger partial charge in [0, 0.05) is 11.0 Å². The zero-order valence-corrected chi connectivity index (χ0v) is 12.2. The molecule has 21 heavy (non-hydrogen) atoms. The third-order valence-corrected chi connectivity index (χ3v) is 4.16. The highest BCUT2D eigenvalue weighted by Crippen LogP contribution is 2.12. The van der Waals surface area contributed by atoms with Crippen molar-refractivity contribution in [1.82, 2.24) is 0 Å². The third kappa shape index (κ3) is 4.57. The van der Waals surface area contributed by atoms with Crippen LogP contribution in [0.5, 0.6) is 0 Å². The van der Waals surface area contributed by atoms with Gasteiger partial charge in [0.1, 0.15) is 5.84 Å². The van der Waals surface area contributed by atoms with E-state index in [4.69, 9.17) is 11.1 Å². The molecule has 2 aromatic carbocycles. The van der Waals surface area contributed by atoms with E-state index < -0.39 is 9.84 Å². The lowest BCUT2D eigenvalue weighted by atomic mass is 10.1. The van der Waals surface area contributed by atoms with Gasteiger partial charge < -0.3 is 5.73 Å². The predicted octanol–water partition coefficient (Wildman–Crippen LogP) is 2.56. The van der Waals surface area contributed by atoms with Gasteiger partial charge in [0.15, 0.2) is 9.84 Å². The second-order valence-electron chi connectivity index (χ2n) is 4.63. The summed E-state index contributed by atoms with van der Waals surface area (Å²) in [5.74, 6) is -0.189. The molecule has 2 aromatic rings. The van der Waals surface area contributed by atoms with Crippen molar-refractivity contribution in [2.75, 3.05) is 0 Å². The molecule has 0 fully saturated rings. The summed E-state index contributed by atoms with van der Waals surface area (Å²) in [5.41, 5.74) is 7.37. The van der Waals surface area contributed by atoms with Gasteiger partial charge in [-0.15, -0.1) is 0 Å². The number of rotatable bonds is 5. The fourth-order valence-corrected chi connectivity index (χ4v) is 2.96. The van der Waals surface area contributed by atoms with E-state index in [0.29, 0.717) is 11.1 Å². The summed E-state index contributed by atoms with van der Waals surface area (Å²) in [6.45, 7) is 0. The Kier molecular flexibility index (Phi) is 4.55. The van der Waals surface area contributed by atoms with Crippen LogP contribution in [0.1, 0.15) is 16.7 Å². The molecule has 0 spiro atoms. The molecule has 108 valence electrons. The molecule has 0 heterocycles. The molecule has 0 amide bonds. The van der Waals surface area contributed by atoms with Crippen molar-refractivity contribution in [2.24, 2.45) is 5.73 Å². The Labute approximate surface area is 124 Å². The van der Waals surface area contributed by atoms with E-state index in [0.717, 1.165) is 5.56 Å². The van der Waals surface area contributed by atoms with Crippen LogP contribution in [0.25, 0.3) is 6.08 Å². The van der Waals surface area contributed by atoms with Crippen molar-refractivity contribution in [3.63, 3.8) is 0 Å². The second-order valence-corrected chi connectivity index (χ2v) is 6.52. The van der Waals surface area contributed by atoms with Crippen LogP contribution < -0.4 is 5.73 Å². The Hall–Kier alpha value is -2.40. The quantitative estimate of drug-likeness (QED) is 0.657. The summed E-state index contributed by atoms with van der Waals surface area (Å²) in [7, 11) is -3.37. The van der Waals surface area contributed by atoms with Gasteiger partial charge in [0.2, 0.25) is 0 Å². The highest BCUT2D eigenvalue weighted by molar-refractivity contribution is 7.93. The van der Waals surface area contributed by atoms with Crippen molar-refractivity contribution in [2.45, 2.75) is 5.75 Å². The minimum atomic E-state index is -3.37. The first kappa shape index (κ1) is 15.0. The van der Waals surface area contributed by atoms with Crippen molar-refractivity contribution in [3.8, 4) is 0 Å². The largest absolute Gasteiger partial charge is 0.384 e. The molecule has 0 aliphatic carbocycles. The lowest BCUT2D eigenvalue weighted by molar-refractivity contribution is 0.604. The van der Waals surface area contributed by atoms with E-state index >= 15 is 0 Å². The maximum absolute atomic E-state index is 12.1. The van der Waals surface area contributed by atoms with Crippen molar-refractivity contribution >= 4 is 21.7 Å². The molecule has 3 N–H and O–H groups in total. The number of amidine groups is 1. The molecule has 4 nitrogen and oxygen atoms in total. The third-order valence-electron chi connectivity index (χ3n) is 2.87. The lowest BCUT2D eigenvalue weighted by Gasteiger charge is -2.03. The molecule has 0 radical (unpaired) electrons. The molecule has 0 bridgehead atoms. The number of nitrogens with two attached hydrogens (primary N) is 1. The van der Waals surface area contributed by atoms with Gasteiger partial charge >= 0.3 is 0 Å². The molecule has 0 saturated heterocycles. The molecule has 5 heteroatoms. The molecule has 0 aliphatic rings. The van der Waals surface area contributed by atoms with Crippen LogP contribution in [-0.4, -0.2) is 14.3 Å². The predicted molar refractivity (Wildman–Crippen MR) is 85.6 cm³/mol. The Balaban J connectivity index is 2.16. The van der Waals surface area contributed by atoms with Crippen LogP contribution in [0.4, 0.5) is 0 Å². The Morgan fingerprint density at radius 3 is 2.48 bits per heavy atom. The average molecular weight is 300 g/mol. The number of benzene rings is 2. The minimum absolute atomic E-state index is 0.0749. The molecule has 0 unspecified atom stereocenters. The first-order valence-electron chi connectivity index (χ1n) is 6.35. The van der Waals surface area contributed by atoms with E-state index in [1.807, 2.05) is 30.3 Å². The summed E-state index contributed by atoms with van der Waals surface area (Å²) >= 11 is 0. The van der Waals surface area contributed by atoms with Crippen LogP contribution in [-0.2, 0) is 15.6 Å². The number of nitrogen functional groups attached to an aromatic ring is 1. The topological polar surface area (TPSA) is 84.0 Å². The number of hydrogen-bond donors (Lipinski definition) is 2. The van der Waals surface area contributed by atoms with Gasteiger partial charge in [-0.3, -0.25) is 5.41 Å². The van der Waals surface area contributed by atoms with Gasteiger partial charge in [-0.25, -0.2) is 8.42 Å². The average Bonchev–Trinajstić information content (AvgIpc) is 2.46. The molecule has 0 aliphatic heterocycles. The summed E-state index contributed by atoms with van der Waals surface area (Å²) in [4.78, 5) is 0. The number of hydrogen-bond acceptors (Lipinski definition) is 3. The van der Waals surface area contributed by atoms with Crippen molar-refractivity contribution < 1.29 is 8.42 Å². The summed E-state index contributed by atoms with van der Waals surface area (Å²) in [6, 6.07) is 16.0. The molecule has 0 atom stereocenters. The minimum Gasteiger partial charge on any atom is -0.384 e. The van der Waals surface area contributed by atoms with E-state index in [1.54, 1.807) is 30.3 Å². The Morgan fingerprint density at radius 2 is 1.81 bits per heavy atom. The maximum Gasteiger partial charge on any atom is 0.175 e. The van der Waals surface area contributed by atoms with E-state index in [9.17, 15) is 8.42 Å². The van der Waals surface area contributed by atoms with Crippen LogP contribution in [0.2, 0.25) is 0 Å². The number of nitrogens with one attached hydrogen (secondary N) is 1. The van der Waals surface area contributed by atoms with E-state index in [-0.39, 0.29) is 11.6 Å². The number of sulfone groups is 1. The van der Waals surface area contributed by atoms with Gasteiger partial charge in [-0.05, 0) is 23.3 Å². The Morgan fingerprint density at radius 1 is 1.10 bits per heavy atom. The normalized spacial score (nSPS) is 11.6. The van der Waals surface area contributed by atoms with Crippen molar-refractivity contribution in [3.05, 3.63) is 76.7 Å². The van der Waals surface area contributed by atoms with Crippen molar-refractivity contribution in [1.29, 1.82) is 5.41 Å². The molecule has 2 rings (SSSR count). The smallest absolute Gasteiger partial charge is 0.175 e. The van der Waals surface area contributed by atoms with Gasteiger partial charge in [-0.1, -0.05) is 48.5 Å². The van der Waals surface area contributed by atoms with Crippen LogP contribution >= 0.6 is 0 Å². The highest BCUT2D eigenvalue weighted by Gasteiger charge is 2.09. The molecule has 0 aromatic heterocycles. The summed E-state index contributed by atoms with van der Waals surface area (Å²) in [5, 5.41) is 8.58.